The summed E-state index contributed by atoms with van der Waals surface area (Å²) in [5.41, 5.74) is 7.45. The van der Waals surface area contributed by atoms with Gasteiger partial charge in [-0.25, -0.2) is 4.98 Å². The summed E-state index contributed by atoms with van der Waals surface area (Å²) >= 11 is 0. The Kier molecular flexibility index (Phi) is 3.65. The maximum absolute atomic E-state index is 12.3. The molecule has 0 spiro atoms. The first-order chi connectivity index (χ1) is 10.1. The minimum atomic E-state index is -0.736. The highest BCUT2D eigenvalue weighted by Gasteiger charge is 2.36. The van der Waals surface area contributed by atoms with Gasteiger partial charge in [0.25, 0.3) is 0 Å². The molecule has 112 valence electrons. The van der Waals surface area contributed by atoms with Crippen LogP contribution >= 0.6 is 0 Å². The zero-order chi connectivity index (χ0) is 14.9. The van der Waals surface area contributed by atoms with Crippen molar-refractivity contribution in [3.63, 3.8) is 0 Å². The number of carbonyl (C=O) groups is 1. The van der Waals surface area contributed by atoms with E-state index in [0.717, 1.165) is 25.7 Å². The molecule has 3 rings (SSSR count). The van der Waals surface area contributed by atoms with Crippen molar-refractivity contribution < 1.29 is 13.9 Å². The number of fused-ring (bicyclic) bond motifs is 1. The van der Waals surface area contributed by atoms with Gasteiger partial charge in [-0.15, -0.1) is 0 Å². The molecule has 2 aromatic rings. The molecule has 0 unspecified atom stereocenters. The highest BCUT2D eigenvalue weighted by atomic mass is 16.5. The lowest BCUT2D eigenvalue weighted by Gasteiger charge is -2.22. The Morgan fingerprint density at radius 2 is 2.24 bits per heavy atom. The van der Waals surface area contributed by atoms with Crippen LogP contribution in [0.4, 0.5) is 5.69 Å². The average Bonchev–Trinajstić information content (AvgIpc) is 3.05. The fourth-order valence-electron chi connectivity index (χ4n) is 2.73. The molecule has 0 atom stereocenters. The summed E-state index contributed by atoms with van der Waals surface area (Å²) in [6.45, 7) is 0.322. The fraction of sp³-hybridized carbons (Fsp3) is 0.467. The molecule has 0 radical (unpaired) electrons. The summed E-state index contributed by atoms with van der Waals surface area (Å²) in [6.07, 6.45) is 3.49. The SMILES string of the molecule is COCc1nc2cc(NC(=O)C3(N)CCCC3)ccc2o1. The molecule has 3 N–H and O–H groups in total. The third-order valence-corrected chi connectivity index (χ3v) is 3.91. The lowest BCUT2D eigenvalue weighted by atomic mass is 9.98. The van der Waals surface area contributed by atoms with Gasteiger partial charge in [0, 0.05) is 12.8 Å². The maximum atomic E-state index is 12.3. The molecule has 1 aromatic heterocycles. The summed E-state index contributed by atoms with van der Waals surface area (Å²) in [4.78, 5) is 16.6. The Morgan fingerprint density at radius 1 is 1.48 bits per heavy atom. The normalized spacial score (nSPS) is 17.2. The van der Waals surface area contributed by atoms with Crippen molar-refractivity contribution in [2.24, 2.45) is 5.73 Å². The van der Waals surface area contributed by atoms with Gasteiger partial charge in [-0.1, -0.05) is 12.8 Å². The largest absolute Gasteiger partial charge is 0.438 e. The van der Waals surface area contributed by atoms with E-state index in [4.69, 9.17) is 14.9 Å². The number of nitrogens with two attached hydrogens (primary N) is 1. The van der Waals surface area contributed by atoms with Crippen LogP contribution in [0.5, 0.6) is 0 Å². The van der Waals surface area contributed by atoms with Gasteiger partial charge in [0.2, 0.25) is 11.8 Å². The molecule has 1 aromatic carbocycles. The van der Waals surface area contributed by atoms with Crippen LogP contribution in [0.3, 0.4) is 0 Å². The van der Waals surface area contributed by atoms with Crippen LogP contribution in [0.2, 0.25) is 0 Å². The molecule has 0 aliphatic heterocycles. The Bertz CT molecular complexity index is 659. The van der Waals surface area contributed by atoms with E-state index in [1.54, 1.807) is 25.3 Å². The van der Waals surface area contributed by atoms with Crippen LogP contribution in [-0.2, 0) is 16.1 Å². The molecular formula is C15H19N3O3. The van der Waals surface area contributed by atoms with Gasteiger partial charge in [0.1, 0.15) is 12.1 Å². The molecule has 6 heteroatoms. The first-order valence-electron chi connectivity index (χ1n) is 7.09. The first-order valence-corrected chi connectivity index (χ1v) is 7.09. The number of rotatable bonds is 4. The summed E-state index contributed by atoms with van der Waals surface area (Å²) in [6, 6.07) is 5.36. The Balaban J connectivity index is 1.79. The summed E-state index contributed by atoms with van der Waals surface area (Å²) in [7, 11) is 1.59. The van der Waals surface area contributed by atoms with Crippen molar-refractivity contribution in [1.82, 2.24) is 4.98 Å². The number of carbonyl (C=O) groups excluding carboxylic acids is 1. The van der Waals surface area contributed by atoms with E-state index in [2.05, 4.69) is 10.3 Å². The number of oxazole rings is 1. The predicted octanol–water partition coefficient (Wildman–Crippen LogP) is 2.18. The standard InChI is InChI=1S/C15H19N3O3/c1-20-9-13-18-11-8-10(4-5-12(11)21-13)17-14(19)15(16)6-2-3-7-15/h4-5,8H,2-3,6-7,9,16H2,1H3,(H,17,19). The van der Waals surface area contributed by atoms with Gasteiger partial charge in [-0.2, -0.15) is 0 Å². The van der Waals surface area contributed by atoms with Crippen molar-refractivity contribution >= 4 is 22.7 Å². The summed E-state index contributed by atoms with van der Waals surface area (Å²) in [5, 5.41) is 2.88. The molecule has 0 bridgehead atoms. The zero-order valence-electron chi connectivity index (χ0n) is 12.0. The molecule has 0 saturated heterocycles. The van der Waals surface area contributed by atoms with E-state index in [1.807, 2.05) is 0 Å². The second-order valence-electron chi connectivity index (χ2n) is 5.54. The molecule has 1 amide bonds. The minimum absolute atomic E-state index is 0.125. The molecule has 1 aliphatic carbocycles. The maximum Gasteiger partial charge on any atom is 0.244 e. The van der Waals surface area contributed by atoms with Gasteiger partial charge in [-0.3, -0.25) is 4.79 Å². The fourth-order valence-corrected chi connectivity index (χ4v) is 2.73. The van der Waals surface area contributed by atoms with Crippen molar-refractivity contribution in [3.8, 4) is 0 Å². The number of benzene rings is 1. The number of hydrogen-bond donors (Lipinski definition) is 2. The molecule has 21 heavy (non-hydrogen) atoms. The summed E-state index contributed by atoms with van der Waals surface area (Å²) < 4.78 is 10.5. The number of aromatic nitrogens is 1. The van der Waals surface area contributed by atoms with Gasteiger partial charge in [0.15, 0.2) is 5.58 Å². The topological polar surface area (TPSA) is 90.4 Å². The van der Waals surface area contributed by atoms with E-state index in [-0.39, 0.29) is 5.91 Å². The zero-order valence-corrected chi connectivity index (χ0v) is 12.0. The lowest BCUT2D eigenvalue weighted by molar-refractivity contribution is -0.121. The van der Waals surface area contributed by atoms with E-state index in [1.165, 1.54) is 0 Å². The second kappa shape index (κ2) is 5.46. The number of amides is 1. The van der Waals surface area contributed by atoms with E-state index in [9.17, 15) is 4.79 Å². The van der Waals surface area contributed by atoms with Crippen LogP contribution < -0.4 is 11.1 Å². The van der Waals surface area contributed by atoms with Crippen LogP contribution in [0, 0.1) is 0 Å². The predicted molar refractivity (Wildman–Crippen MR) is 78.7 cm³/mol. The van der Waals surface area contributed by atoms with Crippen molar-refractivity contribution in [2.45, 2.75) is 37.8 Å². The van der Waals surface area contributed by atoms with Crippen molar-refractivity contribution in [3.05, 3.63) is 24.1 Å². The summed E-state index contributed by atoms with van der Waals surface area (Å²) in [5.74, 6) is 0.391. The van der Waals surface area contributed by atoms with Crippen LogP contribution in [0.1, 0.15) is 31.6 Å². The minimum Gasteiger partial charge on any atom is -0.438 e. The van der Waals surface area contributed by atoms with Gasteiger partial charge in [0.05, 0.1) is 5.54 Å². The Labute approximate surface area is 122 Å². The van der Waals surface area contributed by atoms with Gasteiger partial charge in [-0.05, 0) is 31.0 Å². The smallest absolute Gasteiger partial charge is 0.244 e. The van der Waals surface area contributed by atoms with Crippen molar-refractivity contribution in [1.29, 1.82) is 0 Å². The van der Waals surface area contributed by atoms with Gasteiger partial charge >= 0.3 is 0 Å². The number of ether oxygens (including phenoxy) is 1. The highest BCUT2D eigenvalue weighted by molar-refractivity contribution is 5.99. The molecule has 1 heterocycles. The number of nitrogens with zero attached hydrogens (tertiary/aromatic N) is 1. The van der Waals surface area contributed by atoms with E-state index in [0.29, 0.717) is 29.3 Å². The quantitative estimate of drug-likeness (QED) is 0.900. The molecule has 1 fully saturated rings. The number of nitrogens with one attached hydrogen (secondary N) is 1. The first kappa shape index (κ1) is 14.0. The third-order valence-electron chi connectivity index (χ3n) is 3.91. The number of methoxy groups -OCH3 is 1. The van der Waals surface area contributed by atoms with E-state index < -0.39 is 5.54 Å². The number of hydrogen-bond acceptors (Lipinski definition) is 5. The third kappa shape index (κ3) is 2.77. The molecule has 1 saturated carbocycles. The monoisotopic (exact) mass is 289 g/mol. The highest BCUT2D eigenvalue weighted by Crippen LogP contribution is 2.29. The number of anilines is 1. The van der Waals surface area contributed by atoms with Crippen molar-refractivity contribution in [2.75, 3.05) is 12.4 Å². The molecule has 1 aliphatic rings. The average molecular weight is 289 g/mol. The lowest BCUT2D eigenvalue weighted by Crippen LogP contribution is -2.48. The molecular weight excluding hydrogens is 270 g/mol. The molecule has 6 nitrogen and oxygen atoms in total. The van der Waals surface area contributed by atoms with Crippen LogP contribution in [0.25, 0.3) is 11.1 Å². The second-order valence-corrected chi connectivity index (χ2v) is 5.54. The van der Waals surface area contributed by atoms with Gasteiger partial charge < -0.3 is 20.2 Å². The Morgan fingerprint density at radius 3 is 2.95 bits per heavy atom. The van der Waals surface area contributed by atoms with Crippen LogP contribution in [-0.4, -0.2) is 23.5 Å². The van der Waals surface area contributed by atoms with E-state index >= 15 is 0 Å². The Hall–Kier alpha value is -1.92. The van der Waals surface area contributed by atoms with Crippen LogP contribution in [0.15, 0.2) is 22.6 Å².